The van der Waals surface area contributed by atoms with Gasteiger partial charge in [-0.05, 0) is 153 Å². The van der Waals surface area contributed by atoms with Gasteiger partial charge in [-0.25, -0.2) is 0 Å². The van der Waals surface area contributed by atoms with Gasteiger partial charge in [-0.2, -0.15) is 0 Å². The molecule has 1 spiro atoms. The third-order valence-corrected chi connectivity index (χ3v) is 14.1. The molecule has 3 heteroatoms. The number of nitrogens with zero attached hydrogens (tertiary/aromatic N) is 2. The molecule has 2 aliphatic rings. The molecule has 0 saturated heterocycles. The monoisotopic (exact) mass is 834 g/mol. The van der Waals surface area contributed by atoms with Crippen molar-refractivity contribution in [2.24, 2.45) is 0 Å². The molecule has 1 aliphatic carbocycles. The van der Waals surface area contributed by atoms with E-state index in [9.17, 15) is 0 Å². The number of benzene rings is 10. The Balaban J connectivity index is 0.982. The molecule has 12 rings (SSSR count). The van der Waals surface area contributed by atoms with Gasteiger partial charge >= 0.3 is 0 Å². The average Bonchev–Trinajstić information content (AvgIpc) is 3.66. The minimum atomic E-state index is -0.510. The molecule has 0 radical (unpaired) electrons. The minimum Gasteiger partial charge on any atom is -0.311 e. The Bertz CT molecular complexity index is 2970. The SMILES string of the molecule is c1ccc(N(c2ccccc2)c2ccc(-c3ccc4c(c3)C3(c5cc(-c6ccc(N(c7ccccc7)c7ccccc7)cc6)ccc5S4)c4ccccc4-c4ccccc43)cc2)cc1. The standard InChI is InChI=1S/C61H42N2S/c1-5-17-47(18-6-1)62(48-19-7-2-8-20-48)51-35-29-43(30-36-51)45-33-39-59-57(41-45)61(55-27-15-13-25-53(55)54-26-14-16-28-56(54)61)58-42-46(34-40-60(58)64-59)44-31-37-52(38-32-44)63(49-21-9-3-10-22-49)50-23-11-4-12-24-50/h1-42H. The minimum absolute atomic E-state index is 0.510. The third kappa shape index (κ3) is 6.27. The maximum absolute atomic E-state index is 2.48. The highest BCUT2D eigenvalue weighted by molar-refractivity contribution is 7.99. The first-order valence-corrected chi connectivity index (χ1v) is 22.7. The van der Waals surface area contributed by atoms with Crippen molar-refractivity contribution in [2.45, 2.75) is 15.2 Å². The second-order valence-electron chi connectivity index (χ2n) is 16.5. The molecular weight excluding hydrogens is 793 g/mol. The van der Waals surface area contributed by atoms with Crippen LogP contribution in [-0.4, -0.2) is 0 Å². The summed E-state index contributed by atoms with van der Waals surface area (Å²) in [7, 11) is 0. The van der Waals surface area contributed by atoms with E-state index in [0.717, 1.165) is 34.1 Å². The summed E-state index contributed by atoms with van der Waals surface area (Å²) in [5.74, 6) is 0. The van der Waals surface area contributed by atoms with Gasteiger partial charge in [0.25, 0.3) is 0 Å². The van der Waals surface area contributed by atoms with Gasteiger partial charge in [-0.15, -0.1) is 0 Å². The van der Waals surface area contributed by atoms with E-state index in [1.54, 1.807) is 0 Å². The molecule has 1 heterocycles. The van der Waals surface area contributed by atoms with Crippen LogP contribution >= 0.6 is 11.8 Å². The lowest BCUT2D eigenvalue weighted by molar-refractivity contribution is 0.723. The quantitative estimate of drug-likeness (QED) is 0.151. The summed E-state index contributed by atoms with van der Waals surface area (Å²) in [4.78, 5) is 7.22. The maximum atomic E-state index is 2.48. The summed E-state index contributed by atoms with van der Waals surface area (Å²) in [5.41, 5.74) is 18.9. The number of rotatable bonds is 8. The van der Waals surface area contributed by atoms with Gasteiger partial charge in [0, 0.05) is 43.9 Å². The number of fused-ring (bicyclic) bond motifs is 9. The Morgan fingerprint density at radius 1 is 0.250 bits per heavy atom. The zero-order valence-electron chi connectivity index (χ0n) is 35.1. The highest BCUT2D eigenvalue weighted by atomic mass is 32.2. The van der Waals surface area contributed by atoms with Gasteiger partial charge in [-0.1, -0.05) is 169 Å². The van der Waals surface area contributed by atoms with Crippen molar-refractivity contribution in [3.05, 3.63) is 277 Å². The summed E-state index contributed by atoms with van der Waals surface area (Å²) < 4.78 is 0. The predicted octanol–water partition coefficient (Wildman–Crippen LogP) is 16.8. The van der Waals surface area contributed by atoms with E-state index < -0.39 is 5.41 Å². The van der Waals surface area contributed by atoms with Crippen molar-refractivity contribution >= 4 is 45.9 Å². The van der Waals surface area contributed by atoms with E-state index in [2.05, 4.69) is 265 Å². The number of para-hydroxylation sites is 4. The molecule has 0 aromatic heterocycles. The van der Waals surface area contributed by atoms with Gasteiger partial charge in [0.2, 0.25) is 0 Å². The average molecular weight is 835 g/mol. The maximum Gasteiger partial charge on any atom is 0.0735 e. The van der Waals surface area contributed by atoms with Gasteiger partial charge < -0.3 is 9.80 Å². The smallest absolute Gasteiger partial charge is 0.0735 e. The van der Waals surface area contributed by atoms with Gasteiger partial charge in [0.05, 0.1) is 5.41 Å². The molecule has 0 amide bonds. The molecule has 2 nitrogen and oxygen atoms in total. The summed E-state index contributed by atoms with van der Waals surface area (Å²) in [5, 5.41) is 0. The van der Waals surface area contributed by atoms with Crippen molar-refractivity contribution in [3.63, 3.8) is 0 Å². The van der Waals surface area contributed by atoms with E-state index in [4.69, 9.17) is 0 Å². The van der Waals surface area contributed by atoms with Crippen LogP contribution in [0.15, 0.2) is 265 Å². The van der Waals surface area contributed by atoms with E-state index in [-0.39, 0.29) is 0 Å². The molecule has 10 aromatic carbocycles. The zero-order valence-corrected chi connectivity index (χ0v) is 35.9. The first-order valence-electron chi connectivity index (χ1n) is 21.9. The van der Waals surface area contributed by atoms with Crippen molar-refractivity contribution in [1.29, 1.82) is 0 Å². The van der Waals surface area contributed by atoms with E-state index in [1.165, 1.54) is 65.4 Å². The lowest BCUT2D eigenvalue weighted by Gasteiger charge is -2.40. The first-order chi connectivity index (χ1) is 31.7. The highest BCUT2D eigenvalue weighted by Crippen LogP contribution is 2.63. The van der Waals surface area contributed by atoms with Crippen LogP contribution in [0.3, 0.4) is 0 Å². The van der Waals surface area contributed by atoms with Crippen molar-refractivity contribution < 1.29 is 0 Å². The molecule has 64 heavy (non-hydrogen) atoms. The molecule has 0 unspecified atom stereocenters. The van der Waals surface area contributed by atoms with Gasteiger partial charge in [-0.3, -0.25) is 0 Å². The summed E-state index contributed by atoms with van der Waals surface area (Å²) in [6.45, 7) is 0. The number of hydrogen-bond acceptors (Lipinski definition) is 3. The molecule has 1 aliphatic heterocycles. The molecule has 0 bridgehead atoms. The highest BCUT2D eigenvalue weighted by Gasteiger charge is 2.50. The first kappa shape index (κ1) is 37.9. The molecule has 0 atom stereocenters. The van der Waals surface area contributed by atoms with Crippen molar-refractivity contribution in [3.8, 4) is 33.4 Å². The Hall–Kier alpha value is -7.85. The Morgan fingerprint density at radius 2 is 0.547 bits per heavy atom. The lowest BCUT2D eigenvalue weighted by Crippen LogP contribution is -2.32. The second-order valence-corrected chi connectivity index (χ2v) is 17.6. The molecule has 0 N–H and O–H groups in total. The van der Waals surface area contributed by atoms with Crippen molar-refractivity contribution in [1.82, 2.24) is 0 Å². The topological polar surface area (TPSA) is 6.48 Å². The largest absolute Gasteiger partial charge is 0.311 e. The molecule has 0 fully saturated rings. The number of hydrogen-bond donors (Lipinski definition) is 0. The van der Waals surface area contributed by atoms with Crippen LogP contribution in [0.5, 0.6) is 0 Å². The van der Waals surface area contributed by atoms with Crippen LogP contribution in [0.25, 0.3) is 33.4 Å². The van der Waals surface area contributed by atoms with Crippen LogP contribution in [0.1, 0.15) is 22.3 Å². The summed E-state index contributed by atoms with van der Waals surface area (Å²) >= 11 is 1.89. The normalized spacial score (nSPS) is 12.8. The molecule has 10 aromatic rings. The molecular formula is C61H42N2S. The fourth-order valence-electron chi connectivity index (χ4n) is 10.1. The molecule has 0 saturated carbocycles. The van der Waals surface area contributed by atoms with Crippen LogP contribution < -0.4 is 9.80 Å². The van der Waals surface area contributed by atoms with Crippen LogP contribution in [0.4, 0.5) is 34.1 Å². The van der Waals surface area contributed by atoms with Crippen molar-refractivity contribution in [2.75, 3.05) is 9.80 Å². The molecule has 302 valence electrons. The lowest BCUT2D eigenvalue weighted by atomic mass is 9.66. The Kier molecular flexibility index (Phi) is 9.35. The van der Waals surface area contributed by atoms with Gasteiger partial charge in [0.1, 0.15) is 0 Å². The van der Waals surface area contributed by atoms with Crippen LogP contribution in [-0.2, 0) is 5.41 Å². The third-order valence-electron chi connectivity index (χ3n) is 12.9. The summed E-state index contributed by atoms with van der Waals surface area (Å²) in [6.07, 6.45) is 0. The summed E-state index contributed by atoms with van der Waals surface area (Å²) in [6, 6.07) is 93.0. The number of anilines is 6. The predicted molar refractivity (Wildman–Crippen MR) is 268 cm³/mol. The Morgan fingerprint density at radius 3 is 0.906 bits per heavy atom. The van der Waals surface area contributed by atoms with Gasteiger partial charge in [0.15, 0.2) is 0 Å². The van der Waals surface area contributed by atoms with E-state index in [0.29, 0.717) is 0 Å². The van der Waals surface area contributed by atoms with E-state index in [1.807, 2.05) is 11.8 Å². The second kappa shape index (κ2) is 15.8. The zero-order chi connectivity index (χ0) is 42.5. The Labute approximate surface area is 379 Å². The fraction of sp³-hybridized carbons (Fsp3) is 0.0164. The van der Waals surface area contributed by atoms with Crippen LogP contribution in [0, 0.1) is 0 Å². The van der Waals surface area contributed by atoms with Crippen LogP contribution in [0.2, 0.25) is 0 Å². The fourth-order valence-corrected chi connectivity index (χ4v) is 11.2. The van der Waals surface area contributed by atoms with E-state index >= 15 is 0 Å².